The zero-order valence-electron chi connectivity index (χ0n) is 8.42. The second-order valence-electron chi connectivity index (χ2n) is 4.32. The number of aliphatic hydroxyl groups is 1. The van der Waals surface area contributed by atoms with Crippen LogP contribution < -0.4 is 0 Å². The zero-order chi connectivity index (χ0) is 10.3. The van der Waals surface area contributed by atoms with E-state index in [4.69, 9.17) is 0 Å². The molecule has 72 valence electrons. The van der Waals surface area contributed by atoms with Crippen molar-refractivity contribution in [1.82, 2.24) is 0 Å². The van der Waals surface area contributed by atoms with Gasteiger partial charge in [0, 0.05) is 11.8 Å². The fourth-order valence-corrected chi connectivity index (χ4v) is 1.94. The van der Waals surface area contributed by atoms with Crippen molar-refractivity contribution in [1.29, 1.82) is 0 Å². The second-order valence-corrected chi connectivity index (χ2v) is 4.32. The van der Waals surface area contributed by atoms with Crippen LogP contribution in [0, 0.1) is 5.41 Å². The highest BCUT2D eigenvalue weighted by Gasteiger charge is 2.46. The van der Waals surface area contributed by atoms with Gasteiger partial charge >= 0.3 is 0 Å². The number of carbonyl (C=O) groups excluding carboxylic acids is 1. The lowest BCUT2D eigenvalue weighted by atomic mass is 9.65. The van der Waals surface area contributed by atoms with E-state index >= 15 is 0 Å². The van der Waals surface area contributed by atoms with Gasteiger partial charge in [-0.3, -0.25) is 4.79 Å². The third-order valence-corrected chi connectivity index (χ3v) is 2.92. The summed E-state index contributed by atoms with van der Waals surface area (Å²) in [5.41, 5.74) is -0.810. The molecule has 0 aromatic heterocycles. The average molecular weight is 180 g/mol. The molecule has 1 rings (SSSR count). The Morgan fingerprint density at radius 3 is 2.54 bits per heavy atom. The molecule has 0 heterocycles. The Morgan fingerprint density at radius 2 is 2.15 bits per heavy atom. The third kappa shape index (κ3) is 1.35. The first-order valence-corrected chi connectivity index (χ1v) is 4.41. The molecule has 13 heavy (non-hydrogen) atoms. The largest absolute Gasteiger partial charge is 0.381 e. The van der Waals surface area contributed by atoms with E-state index in [9.17, 15) is 9.90 Å². The van der Waals surface area contributed by atoms with Gasteiger partial charge in [0.25, 0.3) is 0 Å². The van der Waals surface area contributed by atoms with Gasteiger partial charge in [-0.25, -0.2) is 0 Å². The summed E-state index contributed by atoms with van der Waals surface area (Å²) in [6.45, 7) is 9.15. The molecule has 0 saturated carbocycles. The van der Waals surface area contributed by atoms with Crippen LogP contribution in [0.3, 0.4) is 0 Å². The highest BCUT2D eigenvalue weighted by molar-refractivity contribution is 5.92. The van der Waals surface area contributed by atoms with E-state index in [2.05, 4.69) is 6.58 Å². The molecule has 1 unspecified atom stereocenters. The minimum absolute atomic E-state index is 0.0778. The van der Waals surface area contributed by atoms with Gasteiger partial charge in [0.2, 0.25) is 0 Å². The highest BCUT2D eigenvalue weighted by atomic mass is 16.3. The Bertz CT molecular complexity index is 286. The monoisotopic (exact) mass is 180 g/mol. The van der Waals surface area contributed by atoms with Crippen LogP contribution in [0.15, 0.2) is 24.3 Å². The van der Waals surface area contributed by atoms with Gasteiger partial charge in [0.1, 0.15) is 5.60 Å². The fourth-order valence-electron chi connectivity index (χ4n) is 1.94. The SMILES string of the molecule is C=CC1(O)C(C)=CC(=O)CC1(C)C. The van der Waals surface area contributed by atoms with Crippen LogP contribution >= 0.6 is 0 Å². The summed E-state index contributed by atoms with van der Waals surface area (Å²) in [6, 6.07) is 0. The van der Waals surface area contributed by atoms with Gasteiger partial charge in [-0.1, -0.05) is 26.5 Å². The predicted molar refractivity (Wildman–Crippen MR) is 52.3 cm³/mol. The minimum Gasteiger partial charge on any atom is -0.381 e. The smallest absolute Gasteiger partial charge is 0.156 e. The third-order valence-electron chi connectivity index (χ3n) is 2.92. The molecule has 0 aromatic carbocycles. The van der Waals surface area contributed by atoms with Crippen LogP contribution in [0.2, 0.25) is 0 Å². The molecule has 2 nitrogen and oxygen atoms in total. The Labute approximate surface area is 79.0 Å². The molecule has 0 radical (unpaired) electrons. The van der Waals surface area contributed by atoms with Crippen molar-refractivity contribution in [2.24, 2.45) is 5.41 Å². The minimum atomic E-state index is -1.04. The van der Waals surface area contributed by atoms with Gasteiger partial charge in [-0.05, 0) is 18.6 Å². The van der Waals surface area contributed by atoms with E-state index in [0.29, 0.717) is 12.0 Å². The van der Waals surface area contributed by atoms with E-state index in [-0.39, 0.29) is 5.78 Å². The lowest BCUT2D eigenvalue weighted by Crippen LogP contribution is -2.47. The second kappa shape index (κ2) is 2.81. The van der Waals surface area contributed by atoms with Crippen molar-refractivity contribution in [2.45, 2.75) is 32.8 Å². The first-order valence-electron chi connectivity index (χ1n) is 4.41. The van der Waals surface area contributed by atoms with E-state index in [1.807, 2.05) is 13.8 Å². The fraction of sp³-hybridized carbons (Fsp3) is 0.545. The van der Waals surface area contributed by atoms with Crippen LogP contribution in [0.25, 0.3) is 0 Å². The van der Waals surface area contributed by atoms with Gasteiger partial charge in [0.15, 0.2) is 5.78 Å². The summed E-state index contributed by atoms with van der Waals surface area (Å²) in [5.74, 6) is 0.0778. The van der Waals surface area contributed by atoms with E-state index in [1.54, 1.807) is 6.92 Å². The molecule has 1 N–H and O–H groups in total. The lowest BCUT2D eigenvalue weighted by Gasteiger charge is -2.43. The molecule has 0 fully saturated rings. The Morgan fingerprint density at radius 1 is 1.62 bits per heavy atom. The molecule has 0 aliphatic heterocycles. The van der Waals surface area contributed by atoms with Gasteiger partial charge in [0.05, 0.1) is 0 Å². The maximum atomic E-state index is 11.3. The Balaban J connectivity index is 3.25. The van der Waals surface area contributed by atoms with E-state index in [1.165, 1.54) is 12.2 Å². The Kier molecular flexibility index (Phi) is 2.20. The molecule has 0 saturated heterocycles. The molecule has 0 aromatic rings. The molecular formula is C11H16O2. The molecule has 0 amide bonds. The zero-order valence-corrected chi connectivity index (χ0v) is 8.42. The molecular weight excluding hydrogens is 164 g/mol. The molecule has 0 bridgehead atoms. The molecule has 1 aliphatic rings. The molecule has 2 heteroatoms. The quantitative estimate of drug-likeness (QED) is 0.625. The topological polar surface area (TPSA) is 37.3 Å². The summed E-state index contributed by atoms with van der Waals surface area (Å²) in [5, 5.41) is 10.3. The van der Waals surface area contributed by atoms with Crippen molar-refractivity contribution >= 4 is 5.78 Å². The van der Waals surface area contributed by atoms with Crippen LogP contribution in [-0.4, -0.2) is 16.5 Å². The van der Waals surface area contributed by atoms with Gasteiger partial charge in [-0.2, -0.15) is 0 Å². The summed E-state index contributed by atoms with van der Waals surface area (Å²) in [6.07, 6.45) is 3.39. The van der Waals surface area contributed by atoms with Gasteiger partial charge < -0.3 is 5.11 Å². The van der Waals surface area contributed by atoms with E-state index < -0.39 is 11.0 Å². The maximum Gasteiger partial charge on any atom is 0.156 e. The summed E-state index contributed by atoms with van der Waals surface area (Å²) < 4.78 is 0. The number of carbonyl (C=O) groups is 1. The highest BCUT2D eigenvalue weighted by Crippen LogP contribution is 2.43. The lowest BCUT2D eigenvalue weighted by molar-refractivity contribution is -0.121. The average Bonchev–Trinajstić information content (AvgIpc) is 1.98. The number of ketones is 1. The predicted octanol–water partition coefficient (Wildman–Crippen LogP) is 1.85. The number of hydrogen-bond donors (Lipinski definition) is 1. The van der Waals surface area contributed by atoms with Gasteiger partial charge in [-0.15, -0.1) is 0 Å². The Hall–Kier alpha value is -0.890. The summed E-state index contributed by atoms with van der Waals surface area (Å²) >= 11 is 0. The number of rotatable bonds is 1. The normalized spacial score (nSPS) is 32.6. The van der Waals surface area contributed by atoms with Crippen LogP contribution in [0.1, 0.15) is 27.2 Å². The van der Waals surface area contributed by atoms with Crippen molar-refractivity contribution in [3.63, 3.8) is 0 Å². The van der Waals surface area contributed by atoms with Crippen molar-refractivity contribution in [3.05, 3.63) is 24.3 Å². The summed E-state index contributed by atoms with van der Waals surface area (Å²) in [4.78, 5) is 11.3. The maximum absolute atomic E-state index is 11.3. The molecule has 0 spiro atoms. The van der Waals surface area contributed by atoms with E-state index in [0.717, 1.165) is 0 Å². The van der Waals surface area contributed by atoms with Crippen molar-refractivity contribution < 1.29 is 9.90 Å². The number of allylic oxidation sites excluding steroid dienone is 1. The first-order chi connectivity index (χ1) is 5.83. The molecule has 1 aliphatic carbocycles. The standard InChI is InChI=1S/C11H16O2/c1-5-11(13)8(2)6-9(12)7-10(11,3)4/h5-6,13H,1,7H2,2-4H3. The van der Waals surface area contributed by atoms with Crippen LogP contribution in [0.5, 0.6) is 0 Å². The first kappa shape index (κ1) is 10.2. The van der Waals surface area contributed by atoms with Crippen LogP contribution in [0.4, 0.5) is 0 Å². The van der Waals surface area contributed by atoms with Crippen LogP contribution in [-0.2, 0) is 4.79 Å². The number of hydrogen-bond acceptors (Lipinski definition) is 2. The van der Waals surface area contributed by atoms with Crippen molar-refractivity contribution in [3.8, 4) is 0 Å². The molecule has 1 atom stereocenters. The van der Waals surface area contributed by atoms with Crippen molar-refractivity contribution in [2.75, 3.05) is 0 Å². The summed E-state index contributed by atoms with van der Waals surface area (Å²) in [7, 11) is 0.